The lowest BCUT2D eigenvalue weighted by atomic mass is 9.68. The van der Waals surface area contributed by atoms with Crippen LogP contribution in [0.5, 0.6) is 0 Å². The van der Waals surface area contributed by atoms with E-state index in [1.165, 1.54) is 58.2 Å². The molecule has 0 spiro atoms. The molecule has 1 N–H and O–H groups in total. The van der Waals surface area contributed by atoms with Gasteiger partial charge in [0.15, 0.2) is 0 Å². The fourth-order valence-corrected chi connectivity index (χ4v) is 2.73. The van der Waals surface area contributed by atoms with Gasteiger partial charge in [0.05, 0.1) is 0 Å². The molecular weight excluding hydrogens is 184 g/mol. The molecule has 90 valence electrons. The van der Waals surface area contributed by atoms with Crippen LogP contribution < -0.4 is 5.32 Å². The first-order chi connectivity index (χ1) is 7.22. The molecule has 0 unspecified atom stereocenters. The van der Waals surface area contributed by atoms with Gasteiger partial charge in [0, 0.05) is 13.1 Å². The summed E-state index contributed by atoms with van der Waals surface area (Å²) < 4.78 is 0. The van der Waals surface area contributed by atoms with Crippen LogP contribution in [0, 0.1) is 5.41 Å². The van der Waals surface area contributed by atoms with Gasteiger partial charge in [-0.15, -0.1) is 0 Å². The molecule has 0 aromatic carbocycles. The van der Waals surface area contributed by atoms with Gasteiger partial charge in [-0.3, -0.25) is 0 Å². The van der Waals surface area contributed by atoms with Crippen LogP contribution in [0.15, 0.2) is 0 Å². The molecule has 0 aromatic rings. The average Bonchev–Trinajstić information content (AvgIpc) is 2.15. The van der Waals surface area contributed by atoms with E-state index < -0.39 is 0 Å². The molecule has 2 nitrogen and oxygen atoms in total. The number of unbranched alkanes of at least 4 members (excludes halogenated alkanes) is 2. The molecule has 1 saturated carbocycles. The summed E-state index contributed by atoms with van der Waals surface area (Å²) in [6, 6.07) is 0. The Morgan fingerprint density at radius 2 is 2.00 bits per heavy atom. The maximum Gasteiger partial charge on any atom is 0.00471 e. The highest BCUT2D eigenvalue weighted by atomic mass is 15.1. The van der Waals surface area contributed by atoms with Crippen LogP contribution in [0.4, 0.5) is 0 Å². The van der Waals surface area contributed by atoms with Crippen molar-refractivity contribution in [1.82, 2.24) is 10.2 Å². The van der Waals surface area contributed by atoms with Gasteiger partial charge < -0.3 is 10.2 Å². The van der Waals surface area contributed by atoms with Gasteiger partial charge in [0.25, 0.3) is 0 Å². The van der Waals surface area contributed by atoms with E-state index in [-0.39, 0.29) is 0 Å². The minimum Gasteiger partial charge on any atom is -0.319 e. The molecule has 0 bridgehead atoms. The minimum absolute atomic E-state index is 0.607. The Labute approximate surface area is 95.4 Å². The van der Waals surface area contributed by atoms with E-state index in [9.17, 15) is 0 Å². The second kappa shape index (κ2) is 6.49. The Morgan fingerprint density at radius 1 is 1.27 bits per heavy atom. The molecule has 0 aliphatic heterocycles. The van der Waals surface area contributed by atoms with Crippen molar-refractivity contribution in [3.05, 3.63) is 0 Å². The molecule has 0 saturated heterocycles. The summed E-state index contributed by atoms with van der Waals surface area (Å²) in [4.78, 5) is 2.53. The lowest BCUT2D eigenvalue weighted by molar-refractivity contribution is 0.0791. The van der Waals surface area contributed by atoms with E-state index >= 15 is 0 Å². The van der Waals surface area contributed by atoms with E-state index in [4.69, 9.17) is 0 Å². The Morgan fingerprint density at radius 3 is 2.47 bits per heavy atom. The Hall–Kier alpha value is -0.0800. The number of nitrogens with zero attached hydrogens (tertiary/aromatic N) is 1. The van der Waals surface area contributed by atoms with Gasteiger partial charge in [-0.25, -0.2) is 0 Å². The number of rotatable bonds is 8. The van der Waals surface area contributed by atoms with Gasteiger partial charge in [-0.05, 0) is 45.3 Å². The standard InChI is InChI=1S/C13H28N2/c1-4-5-6-10-15(3)12-13(11-14-2)8-7-9-13/h14H,4-12H2,1-3H3. The lowest BCUT2D eigenvalue weighted by Gasteiger charge is -2.44. The van der Waals surface area contributed by atoms with Crippen LogP contribution >= 0.6 is 0 Å². The average molecular weight is 212 g/mol. The van der Waals surface area contributed by atoms with Gasteiger partial charge in [-0.1, -0.05) is 26.2 Å². The lowest BCUT2D eigenvalue weighted by Crippen LogP contribution is -2.47. The first kappa shape index (κ1) is 13.0. The Bertz CT molecular complexity index is 164. The van der Waals surface area contributed by atoms with Gasteiger partial charge in [-0.2, -0.15) is 0 Å². The maximum atomic E-state index is 3.36. The first-order valence-electron chi connectivity index (χ1n) is 6.55. The summed E-state index contributed by atoms with van der Waals surface area (Å²) >= 11 is 0. The molecule has 0 aromatic heterocycles. The van der Waals surface area contributed by atoms with E-state index in [2.05, 4.69) is 31.2 Å². The molecule has 0 radical (unpaired) electrons. The van der Waals surface area contributed by atoms with E-state index in [1.807, 2.05) is 0 Å². The van der Waals surface area contributed by atoms with Gasteiger partial charge >= 0.3 is 0 Å². The molecule has 1 aliphatic carbocycles. The highest BCUT2D eigenvalue weighted by molar-refractivity contribution is 4.91. The first-order valence-corrected chi connectivity index (χ1v) is 6.55. The highest BCUT2D eigenvalue weighted by Crippen LogP contribution is 2.40. The molecule has 15 heavy (non-hydrogen) atoms. The third-order valence-electron chi connectivity index (χ3n) is 3.71. The summed E-state index contributed by atoms with van der Waals surface area (Å²) in [6.45, 7) is 6.04. The normalized spacial score (nSPS) is 19.2. The molecule has 1 aliphatic rings. The topological polar surface area (TPSA) is 15.3 Å². The zero-order valence-corrected chi connectivity index (χ0v) is 10.8. The Balaban J connectivity index is 2.19. The third kappa shape index (κ3) is 4.12. The Kier molecular flexibility index (Phi) is 5.62. The van der Waals surface area contributed by atoms with E-state index in [0.29, 0.717) is 5.41 Å². The third-order valence-corrected chi connectivity index (χ3v) is 3.71. The molecule has 1 rings (SSSR count). The minimum atomic E-state index is 0.607. The predicted molar refractivity (Wildman–Crippen MR) is 67.2 cm³/mol. The molecule has 0 amide bonds. The highest BCUT2D eigenvalue weighted by Gasteiger charge is 2.36. The zero-order valence-electron chi connectivity index (χ0n) is 10.8. The maximum absolute atomic E-state index is 3.36. The van der Waals surface area contributed by atoms with Crippen molar-refractivity contribution >= 4 is 0 Å². The van der Waals surface area contributed by atoms with Crippen LogP contribution in [-0.2, 0) is 0 Å². The van der Waals surface area contributed by atoms with Crippen molar-refractivity contribution in [1.29, 1.82) is 0 Å². The van der Waals surface area contributed by atoms with Crippen molar-refractivity contribution < 1.29 is 0 Å². The van der Waals surface area contributed by atoms with Crippen LogP contribution in [0.25, 0.3) is 0 Å². The summed E-state index contributed by atoms with van der Waals surface area (Å²) in [6.07, 6.45) is 8.35. The fraction of sp³-hybridized carbons (Fsp3) is 1.00. The molecule has 2 heteroatoms. The molecule has 0 heterocycles. The summed E-state index contributed by atoms with van der Waals surface area (Å²) in [5, 5.41) is 3.36. The van der Waals surface area contributed by atoms with Gasteiger partial charge in [0.2, 0.25) is 0 Å². The van der Waals surface area contributed by atoms with E-state index in [0.717, 1.165) is 0 Å². The van der Waals surface area contributed by atoms with Crippen LogP contribution in [-0.4, -0.2) is 38.6 Å². The second-order valence-corrected chi connectivity index (χ2v) is 5.33. The SMILES string of the molecule is CCCCCN(C)CC1(CNC)CCC1. The summed E-state index contributed by atoms with van der Waals surface area (Å²) in [5.74, 6) is 0. The van der Waals surface area contributed by atoms with Crippen LogP contribution in [0.2, 0.25) is 0 Å². The largest absolute Gasteiger partial charge is 0.319 e. The number of hydrogen-bond acceptors (Lipinski definition) is 2. The van der Waals surface area contributed by atoms with Crippen LogP contribution in [0.1, 0.15) is 45.4 Å². The zero-order chi connectivity index (χ0) is 11.1. The summed E-state index contributed by atoms with van der Waals surface area (Å²) in [7, 11) is 4.36. The smallest absolute Gasteiger partial charge is 0.00471 e. The molecule has 1 fully saturated rings. The molecule has 0 atom stereocenters. The van der Waals surface area contributed by atoms with Crippen molar-refractivity contribution in [3.63, 3.8) is 0 Å². The predicted octanol–water partition coefficient (Wildman–Crippen LogP) is 2.50. The fourth-order valence-electron chi connectivity index (χ4n) is 2.73. The monoisotopic (exact) mass is 212 g/mol. The molecular formula is C13H28N2. The number of nitrogens with one attached hydrogen (secondary N) is 1. The van der Waals surface area contributed by atoms with Crippen molar-refractivity contribution in [2.24, 2.45) is 5.41 Å². The van der Waals surface area contributed by atoms with Crippen LogP contribution in [0.3, 0.4) is 0 Å². The quantitative estimate of drug-likeness (QED) is 0.622. The summed E-state index contributed by atoms with van der Waals surface area (Å²) in [5.41, 5.74) is 0.607. The van der Waals surface area contributed by atoms with E-state index in [1.54, 1.807) is 0 Å². The van der Waals surface area contributed by atoms with Crippen molar-refractivity contribution in [2.75, 3.05) is 33.7 Å². The van der Waals surface area contributed by atoms with Gasteiger partial charge in [0.1, 0.15) is 0 Å². The van der Waals surface area contributed by atoms with Crippen molar-refractivity contribution in [2.45, 2.75) is 45.4 Å². The van der Waals surface area contributed by atoms with Crippen molar-refractivity contribution in [3.8, 4) is 0 Å². The number of hydrogen-bond donors (Lipinski definition) is 1. The second-order valence-electron chi connectivity index (χ2n) is 5.33.